The molecule has 0 radical (unpaired) electrons. The average Bonchev–Trinajstić information content (AvgIpc) is 2.52. The Hall–Kier alpha value is -0.160. The molecule has 0 heterocycles. The van der Waals surface area contributed by atoms with E-state index in [4.69, 9.17) is 18.9 Å². The number of hydrogen-bond acceptors (Lipinski definition) is 4. The second-order valence-electron chi connectivity index (χ2n) is 5.54. The lowest BCUT2D eigenvalue weighted by atomic mass is 9.98. The van der Waals surface area contributed by atoms with Gasteiger partial charge in [0.05, 0.1) is 12.5 Å². The SMILES string of the molecule is CCCCCCCCC(COCCC)C(OC)(OC)OC. The van der Waals surface area contributed by atoms with Crippen LogP contribution in [-0.4, -0.2) is 40.5 Å². The highest BCUT2D eigenvalue weighted by atomic mass is 16.9. The predicted octanol–water partition coefficient (Wildman–Crippen LogP) is 4.37. The summed E-state index contributed by atoms with van der Waals surface area (Å²) in [6.45, 7) is 5.72. The number of ether oxygens (including phenoxy) is 4. The van der Waals surface area contributed by atoms with Crippen molar-refractivity contribution >= 4 is 0 Å². The lowest BCUT2D eigenvalue weighted by Crippen LogP contribution is -2.46. The molecule has 4 nitrogen and oxygen atoms in total. The van der Waals surface area contributed by atoms with E-state index in [0.29, 0.717) is 6.61 Å². The first-order valence-corrected chi connectivity index (χ1v) is 8.43. The molecule has 0 aromatic heterocycles. The van der Waals surface area contributed by atoms with E-state index in [0.717, 1.165) is 25.9 Å². The molecule has 0 amide bonds. The van der Waals surface area contributed by atoms with Crippen molar-refractivity contribution in [3.63, 3.8) is 0 Å². The lowest BCUT2D eigenvalue weighted by molar-refractivity contribution is -0.383. The third-order valence-corrected chi connectivity index (χ3v) is 3.93. The fourth-order valence-corrected chi connectivity index (χ4v) is 2.65. The molecular formula is C17H36O4. The molecule has 128 valence electrons. The van der Waals surface area contributed by atoms with Crippen molar-refractivity contribution in [2.24, 2.45) is 5.92 Å². The van der Waals surface area contributed by atoms with Crippen LogP contribution in [-0.2, 0) is 18.9 Å². The molecule has 0 saturated heterocycles. The first-order valence-electron chi connectivity index (χ1n) is 8.43. The molecule has 4 heteroatoms. The van der Waals surface area contributed by atoms with Gasteiger partial charge in [0, 0.05) is 27.9 Å². The molecule has 0 fully saturated rings. The van der Waals surface area contributed by atoms with E-state index in [-0.39, 0.29) is 5.92 Å². The van der Waals surface area contributed by atoms with Crippen molar-refractivity contribution in [1.29, 1.82) is 0 Å². The van der Waals surface area contributed by atoms with Gasteiger partial charge in [-0.15, -0.1) is 0 Å². The van der Waals surface area contributed by atoms with Crippen LogP contribution in [0.1, 0.15) is 65.2 Å². The maximum Gasteiger partial charge on any atom is 0.287 e. The Morgan fingerprint density at radius 2 is 1.33 bits per heavy atom. The van der Waals surface area contributed by atoms with Crippen molar-refractivity contribution in [1.82, 2.24) is 0 Å². The molecule has 0 aliphatic heterocycles. The van der Waals surface area contributed by atoms with Gasteiger partial charge in [-0.1, -0.05) is 52.4 Å². The van der Waals surface area contributed by atoms with Gasteiger partial charge >= 0.3 is 0 Å². The van der Waals surface area contributed by atoms with Crippen LogP contribution in [0.15, 0.2) is 0 Å². The second kappa shape index (κ2) is 13.5. The van der Waals surface area contributed by atoms with Gasteiger partial charge in [0.25, 0.3) is 5.97 Å². The summed E-state index contributed by atoms with van der Waals surface area (Å²) in [4.78, 5) is 0. The Morgan fingerprint density at radius 1 is 0.762 bits per heavy atom. The first-order chi connectivity index (χ1) is 10.2. The molecule has 0 bridgehead atoms. The van der Waals surface area contributed by atoms with E-state index in [1.807, 2.05) is 0 Å². The zero-order valence-corrected chi connectivity index (χ0v) is 14.8. The number of unbranched alkanes of at least 4 members (excludes halogenated alkanes) is 5. The third kappa shape index (κ3) is 8.15. The van der Waals surface area contributed by atoms with Crippen LogP contribution in [0.5, 0.6) is 0 Å². The minimum atomic E-state index is -0.989. The number of hydrogen-bond donors (Lipinski definition) is 0. The first kappa shape index (κ1) is 20.8. The summed E-state index contributed by atoms with van der Waals surface area (Å²) in [5.74, 6) is -0.896. The summed E-state index contributed by atoms with van der Waals surface area (Å²) in [5.41, 5.74) is 0. The van der Waals surface area contributed by atoms with E-state index in [1.54, 1.807) is 21.3 Å². The fourth-order valence-electron chi connectivity index (χ4n) is 2.65. The van der Waals surface area contributed by atoms with E-state index >= 15 is 0 Å². The number of rotatable bonds is 15. The largest absolute Gasteiger partial charge is 0.381 e. The summed E-state index contributed by atoms with van der Waals surface area (Å²) in [5, 5.41) is 0. The number of methoxy groups -OCH3 is 3. The van der Waals surface area contributed by atoms with Crippen LogP contribution in [0.4, 0.5) is 0 Å². The topological polar surface area (TPSA) is 36.9 Å². The standard InChI is InChI=1S/C17H36O4/c1-6-8-9-10-11-12-13-16(15-21-14-7-2)17(18-3,19-4)20-5/h16H,6-15H2,1-5H3. The second-order valence-corrected chi connectivity index (χ2v) is 5.54. The Labute approximate surface area is 131 Å². The zero-order chi connectivity index (χ0) is 16.0. The predicted molar refractivity (Wildman–Crippen MR) is 86.4 cm³/mol. The Morgan fingerprint density at radius 3 is 1.86 bits per heavy atom. The third-order valence-electron chi connectivity index (χ3n) is 3.93. The maximum absolute atomic E-state index is 5.71. The molecule has 1 atom stereocenters. The van der Waals surface area contributed by atoms with Gasteiger partial charge in [0.2, 0.25) is 0 Å². The quantitative estimate of drug-likeness (QED) is 0.332. The summed E-state index contributed by atoms with van der Waals surface area (Å²) in [7, 11) is 4.88. The van der Waals surface area contributed by atoms with Gasteiger partial charge in [-0.2, -0.15) is 0 Å². The highest BCUT2D eigenvalue weighted by Crippen LogP contribution is 2.29. The monoisotopic (exact) mass is 304 g/mol. The minimum absolute atomic E-state index is 0.0928. The molecule has 0 rings (SSSR count). The summed E-state index contributed by atoms with van der Waals surface area (Å²) < 4.78 is 22.2. The maximum atomic E-state index is 5.71. The van der Waals surface area contributed by atoms with Crippen LogP contribution in [0, 0.1) is 5.92 Å². The van der Waals surface area contributed by atoms with Gasteiger partial charge in [-0.3, -0.25) is 0 Å². The van der Waals surface area contributed by atoms with E-state index in [1.165, 1.54) is 32.1 Å². The molecule has 0 aromatic carbocycles. The van der Waals surface area contributed by atoms with Gasteiger partial charge < -0.3 is 18.9 Å². The van der Waals surface area contributed by atoms with Crippen molar-refractivity contribution in [3.05, 3.63) is 0 Å². The molecular weight excluding hydrogens is 268 g/mol. The lowest BCUT2D eigenvalue weighted by Gasteiger charge is -2.36. The normalized spacial score (nSPS) is 13.6. The van der Waals surface area contributed by atoms with Gasteiger partial charge in [0.15, 0.2) is 0 Å². The summed E-state index contributed by atoms with van der Waals surface area (Å²) in [6, 6.07) is 0. The van der Waals surface area contributed by atoms with Crippen LogP contribution >= 0.6 is 0 Å². The van der Waals surface area contributed by atoms with Gasteiger partial charge in [0.1, 0.15) is 0 Å². The van der Waals surface area contributed by atoms with Crippen molar-refractivity contribution in [3.8, 4) is 0 Å². The summed E-state index contributed by atoms with van der Waals surface area (Å²) >= 11 is 0. The summed E-state index contributed by atoms with van der Waals surface area (Å²) in [6.07, 6.45) is 9.66. The Kier molecular flexibility index (Phi) is 13.4. The molecule has 0 saturated carbocycles. The van der Waals surface area contributed by atoms with Gasteiger partial charge in [-0.05, 0) is 12.8 Å². The fraction of sp³-hybridized carbons (Fsp3) is 1.00. The van der Waals surface area contributed by atoms with E-state index in [9.17, 15) is 0 Å². The average molecular weight is 304 g/mol. The van der Waals surface area contributed by atoms with Crippen LogP contribution < -0.4 is 0 Å². The van der Waals surface area contributed by atoms with Crippen LogP contribution in [0.2, 0.25) is 0 Å². The molecule has 0 aliphatic rings. The molecule has 1 unspecified atom stereocenters. The molecule has 21 heavy (non-hydrogen) atoms. The Bertz CT molecular complexity index is 209. The van der Waals surface area contributed by atoms with E-state index in [2.05, 4.69) is 13.8 Å². The smallest absolute Gasteiger partial charge is 0.287 e. The molecule has 0 N–H and O–H groups in total. The van der Waals surface area contributed by atoms with Crippen LogP contribution in [0.3, 0.4) is 0 Å². The highest BCUT2D eigenvalue weighted by Gasteiger charge is 2.39. The van der Waals surface area contributed by atoms with Crippen molar-refractivity contribution < 1.29 is 18.9 Å². The van der Waals surface area contributed by atoms with Crippen LogP contribution in [0.25, 0.3) is 0 Å². The molecule has 0 aromatic rings. The Balaban J connectivity index is 4.30. The van der Waals surface area contributed by atoms with Gasteiger partial charge in [-0.25, -0.2) is 0 Å². The highest BCUT2D eigenvalue weighted by molar-refractivity contribution is 4.71. The molecule has 0 aliphatic carbocycles. The molecule has 0 spiro atoms. The zero-order valence-electron chi connectivity index (χ0n) is 14.8. The van der Waals surface area contributed by atoms with E-state index < -0.39 is 5.97 Å². The van der Waals surface area contributed by atoms with Crippen molar-refractivity contribution in [2.45, 2.75) is 71.2 Å². The van der Waals surface area contributed by atoms with Crippen molar-refractivity contribution in [2.75, 3.05) is 34.5 Å². The minimum Gasteiger partial charge on any atom is -0.381 e.